The molecule has 0 saturated carbocycles. The van der Waals surface area contributed by atoms with Gasteiger partial charge in [-0.15, -0.1) is 22.7 Å². The Labute approximate surface area is 181 Å². The molecular formula is C23H18N4OS2. The third kappa shape index (κ3) is 3.22. The Hall–Kier alpha value is -3.29. The van der Waals surface area contributed by atoms with Crippen LogP contribution in [-0.2, 0) is 0 Å². The van der Waals surface area contributed by atoms with Crippen LogP contribution in [0.3, 0.4) is 0 Å². The second-order valence-corrected chi connectivity index (χ2v) is 9.02. The van der Waals surface area contributed by atoms with Gasteiger partial charge in [0, 0.05) is 22.0 Å². The largest absolute Gasteiger partial charge is 0.397 e. The number of aromatic nitrogens is 2. The number of carbonyl (C=O) groups excluding carboxylic acids is 1. The van der Waals surface area contributed by atoms with Crippen LogP contribution >= 0.6 is 22.7 Å². The lowest BCUT2D eigenvalue weighted by Crippen LogP contribution is -2.11. The molecule has 0 unspecified atom stereocenters. The van der Waals surface area contributed by atoms with Gasteiger partial charge in [0.25, 0.3) is 5.91 Å². The van der Waals surface area contributed by atoms with Crippen molar-refractivity contribution in [1.29, 1.82) is 0 Å². The van der Waals surface area contributed by atoms with Gasteiger partial charge in [0.15, 0.2) is 5.13 Å². The smallest absolute Gasteiger partial charge is 0.269 e. The fraction of sp³-hybridized carbons (Fsp3) is 0.0870. The maximum absolute atomic E-state index is 12.9. The lowest BCUT2D eigenvalue weighted by molar-refractivity contribution is 0.103. The minimum Gasteiger partial charge on any atom is -0.397 e. The number of thiophene rings is 1. The van der Waals surface area contributed by atoms with Gasteiger partial charge in [-0.25, -0.2) is 9.97 Å². The van der Waals surface area contributed by atoms with Crippen molar-refractivity contribution in [2.24, 2.45) is 0 Å². The van der Waals surface area contributed by atoms with Gasteiger partial charge >= 0.3 is 0 Å². The average Bonchev–Trinajstić information content (AvgIpc) is 3.32. The van der Waals surface area contributed by atoms with Crippen molar-refractivity contribution in [2.45, 2.75) is 13.8 Å². The van der Waals surface area contributed by atoms with Crippen molar-refractivity contribution in [1.82, 2.24) is 9.97 Å². The molecule has 0 radical (unpaired) electrons. The van der Waals surface area contributed by atoms with Gasteiger partial charge in [0.2, 0.25) is 0 Å². The molecule has 0 aliphatic heterocycles. The maximum Gasteiger partial charge on any atom is 0.269 e. The number of carbonyl (C=O) groups is 1. The number of anilines is 2. The van der Waals surface area contributed by atoms with Crippen LogP contribution in [-0.4, -0.2) is 15.9 Å². The normalized spacial score (nSPS) is 11.3. The molecule has 1 amide bonds. The Balaban J connectivity index is 1.43. The number of nitrogens with zero attached hydrogens (tertiary/aromatic N) is 2. The third-order valence-corrected chi connectivity index (χ3v) is 6.86. The fourth-order valence-corrected chi connectivity index (χ4v) is 5.43. The molecule has 3 aromatic heterocycles. The number of aryl methyl sites for hydroxylation is 2. The van der Waals surface area contributed by atoms with Crippen LogP contribution in [0.15, 0.2) is 53.9 Å². The van der Waals surface area contributed by atoms with Crippen molar-refractivity contribution < 1.29 is 4.79 Å². The molecule has 0 aliphatic rings. The lowest BCUT2D eigenvalue weighted by Gasteiger charge is -2.02. The summed E-state index contributed by atoms with van der Waals surface area (Å²) in [6.07, 6.45) is 0. The number of hydrogen-bond donors (Lipinski definition) is 2. The lowest BCUT2D eigenvalue weighted by atomic mass is 10.1. The van der Waals surface area contributed by atoms with Crippen molar-refractivity contribution in [3.8, 4) is 11.3 Å². The summed E-state index contributed by atoms with van der Waals surface area (Å²) in [6, 6.07) is 16.4. The molecule has 148 valence electrons. The number of benzene rings is 2. The number of pyridine rings is 1. The monoisotopic (exact) mass is 430 g/mol. The first-order valence-corrected chi connectivity index (χ1v) is 11.1. The minimum absolute atomic E-state index is 0.257. The van der Waals surface area contributed by atoms with Crippen molar-refractivity contribution in [2.75, 3.05) is 11.1 Å². The first-order chi connectivity index (χ1) is 14.5. The van der Waals surface area contributed by atoms with E-state index in [4.69, 9.17) is 5.73 Å². The SMILES string of the molecule is Cc1cc(C)c2c(N)c(C(=O)Nc3nc(-c4ccc5ccccc5c4)cs3)sc2n1. The third-order valence-electron chi connectivity index (χ3n) is 5.00. The molecule has 3 N–H and O–H groups in total. The highest BCUT2D eigenvalue weighted by atomic mass is 32.1. The van der Waals surface area contributed by atoms with Crippen LogP contribution in [0.1, 0.15) is 20.9 Å². The summed E-state index contributed by atoms with van der Waals surface area (Å²) in [6.45, 7) is 3.92. The molecule has 5 rings (SSSR count). The second kappa shape index (κ2) is 7.19. The molecule has 0 fully saturated rings. The molecule has 7 heteroatoms. The summed E-state index contributed by atoms with van der Waals surface area (Å²) in [5, 5.41) is 8.58. The van der Waals surface area contributed by atoms with Gasteiger partial charge in [-0.2, -0.15) is 0 Å². The van der Waals surface area contributed by atoms with Gasteiger partial charge in [-0.3, -0.25) is 10.1 Å². The average molecular weight is 431 g/mol. The molecule has 0 atom stereocenters. The number of hydrogen-bond acceptors (Lipinski definition) is 6. The van der Waals surface area contributed by atoms with E-state index in [1.807, 2.05) is 43.5 Å². The van der Waals surface area contributed by atoms with Crippen LogP contribution in [0.5, 0.6) is 0 Å². The van der Waals surface area contributed by atoms with E-state index in [2.05, 4.69) is 39.6 Å². The van der Waals surface area contributed by atoms with Crippen LogP contribution in [0, 0.1) is 13.8 Å². The summed E-state index contributed by atoms with van der Waals surface area (Å²) in [7, 11) is 0. The summed E-state index contributed by atoms with van der Waals surface area (Å²) in [4.78, 5) is 23.3. The van der Waals surface area contributed by atoms with E-state index in [1.165, 1.54) is 28.1 Å². The molecule has 3 heterocycles. The van der Waals surface area contributed by atoms with Crippen LogP contribution in [0.25, 0.3) is 32.2 Å². The van der Waals surface area contributed by atoms with Gasteiger partial charge in [0.1, 0.15) is 9.71 Å². The summed E-state index contributed by atoms with van der Waals surface area (Å²) < 4.78 is 0. The van der Waals surface area contributed by atoms with E-state index < -0.39 is 0 Å². The van der Waals surface area contributed by atoms with Crippen LogP contribution < -0.4 is 11.1 Å². The van der Waals surface area contributed by atoms with E-state index in [0.717, 1.165) is 38.1 Å². The summed E-state index contributed by atoms with van der Waals surface area (Å²) in [5.41, 5.74) is 10.5. The quantitative estimate of drug-likeness (QED) is 0.366. The predicted octanol–water partition coefficient (Wildman–Crippen LogP) is 6.02. The zero-order valence-electron chi connectivity index (χ0n) is 16.4. The van der Waals surface area contributed by atoms with Crippen molar-refractivity contribution in [3.05, 3.63) is 70.0 Å². The molecule has 5 nitrogen and oxygen atoms in total. The van der Waals surface area contributed by atoms with Gasteiger partial charge in [-0.1, -0.05) is 36.4 Å². The molecular weight excluding hydrogens is 412 g/mol. The first-order valence-electron chi connectivity index (χ1n) is 9.42. The number of rotatable bonds is 3. The Bertz CT molecular complexity index is 1430. The van der Waals surface area contributed by atoms with Gasteiger partial charge in [0.05, 0.1) is 11.4 Å². The number of thiazole rings is 1. The Kier molecular flexibility index (Phi) is 4.49. The predicted molar refractivity (Wildman–Crippen MR) is 127 cm³/mol. The maximum atomic E-state index is 12.9. The molecule has 2 aromatic carbocycles. The number of fused-ring (bicyclic) bond motifs is 2. The Morgan fingerprint density at radius 2 is 1.83 bits per heavy atom. The van der Waals surface area contributed by atoms with E-state index in [9.17, 15) is 4.79 Å². The standard InChI is InChI=1S/C23H18N4OS2/c1-12-9-13(2)25-22-18(12)19(24)20(30-22)21(28)27-23-26-17(11-29-23)16-8-7-14-5-3-4-6-15(14)10-16/h3-11H,24H2,1-2H3,(H,26,27,28). The van der Waals surface area contributed by atoms with E-state index in [1.54, 1.807) is 0 Å². The van der Waals surface area contributed by atoms with Gasteiger partial charge in [-0.05, 0) is 42.3 Å². The first kappa shape index (κ1) is 18.7. The Morgan fingerprint density at radius 3 is 2.67 bits per heavy atom. The highest BCUT2D eigenvalue weighted by molar-refractivity contribution is 7.21. The number of amides is 1. The van der Waals surface area contributed by atoms with E-state index in [0.29, 0.717) is 15.7 Å². The van der Waals surface area contributed by atoms with E-state index in [-0.39, 0.29) is 5.91 Å². The minimum atomic E-state index is -0.257. The number of nitrogen functional groups attached to an aromatic ring is 1. The van der Waals surface area contributed by atoms with Crippen molar-refractivity contribution >= 4 is 60.4 Å². The number of nitrogens with one attached hydrogen (secondary N) is 1. The summed E-state index contributed by atoms with van der Waals surface area (Å²) >= 11 is 2.71. The molecule has 0 spiro atoms. The molecule has 0 bridgehead atoms. The zero-order chi connectivity index (χ0) is 20.8. The molecule has 0 aliphatic carbocycles. The number of nitrogens with two attached hydrogens (primary N) is 1. The van der Waals surface area contributed by atoms with Crippen LogP contribution in [0.4, 0.5) is 10.8 Å². The zero-order valence-corrected chi connectivity index (χ0v) is 18.0. The molecule has 5 aromatic rings. The van der Waals surface area contributed by atoms with E-state index >= 15 is 0 Å². The van der Waals surface area contributed by atoms with Gasteiger partial charge < -0.3 is 5.73 Å². The Morgan fingerprint density at radius 1 is 1.03 bits per heavy atom. The topological polar surface area (TPSA) is 80.9 Å². The fourth-order valence-electron chi connectivity index (χ4n) is 3.60. The molecule has 0 saturated heterocycles. The van der Waals surface area contributed by atoms with Crippen LogP contribution in [0.2, 0.25) is 0 Å². The van der Waals surface area contributed by atoms with Crippen molar-refractivity contribution in [3.63, 3.8) is 0 Å². The molecule has 30 heavy (non-hydrogen) atoms. The second-order valence-electron chi connectivity index (χ2n) is 7.16. The highest BCUT2D eigenvalue weighted by Gasteiger charge is 2.20. The summed E-state index contributed by atoms with van der Waals surface area (Å²) in [5.74, 6) is -0.257. The highest BCUT2D eigenvalue weighted by Crippen LogP contribution is 2.36.